The second-order valence-electron chi connectivity index (χ2n) is 4.68. The van der Waals surface area contributed by atoms with Crippen LogP contribution in [0.15, 0.2) is 18.2 Å². The number of carboxylic acid groups (broad SMARTS) is 1. The van der Waals surface area contributed by atoms with Crippen LogP contribution in [-0.4, -0.2) is 34.1 Å². The lowest BCUT2D eigenvalue weighted by Crippen LogP contribution is -2.18. The molecular weight excluding hydrogens is 230 g/mol. The fourth-order valence-electron chi connectivity index (χ4n) is 2.41. The van der Waals surface area contributed by atoms with Crippen molar-refractivity contribution >= 4 is 23.0 Å². The smallest absolute Gasteiger partial charge is 0.307 e. The van der Waals surface area contributed by atoms with E-state index in [2.05, 4.69) is 14.9 Å². The van der Waals surface area contributed by atoms with Gasteiger partial charge in [0.2, 0.25) is 5.95 Å². The van der Waals surface area contributed by atoms with E-state index in [9.17, 15) is 4.79 Å². The van der Waals surface area contributed by atoms with Crippen molar-refractivity contribution in [2.24, 2.45) is 0 Å². The number of rotatable bonds is 3. The Morgan fingerprint density at radius 3 is 2.89 bits per heavy atom. The Morgan fingerprint density at radius 1 is 1.39 bits per heavy atom. The van der Waals surface area contributed by atoms with Crippen molar-refractivity contribution < 1.29 is 9.90 Å². The Kier molecular flexibility index (Phi) is 2.66. The third kappa shape index (κ3) is 2.03. The summed E-state index contributed by atoms with van der Waals surface area (Å²) >= 11 is 0. The van der Waals surface area contributed by atoms with E-state index in [4.69, 9.17) is 5.11 Å². The minimum Gasteiger partial charge on any atom is -0.481 e. The summed E-state index contributed by atoms with van der Waals surface area (Å²) in [7, 11) is 0. The number of aliphatic carboxylic acids is 1. The Bertz CT molecular complexity index is 585. The van der Waals surface area contributed by atoms with Crippen LogP contribution < -0.4 is 4.90 Å². The van der Waals surface area contributed by atoms with Crippen LogP contribution in [-0.2, 0) is 11.2 Å². The first-order valence-corrected chi connectivity index (χ1v) is 6.18. The maximum atomic E-state index is 10.7. The lowest BCUT2D eigenvalue weighted by Gasteiger charge is -2.12. The van der Waals surface area contributed by atoms with Gasteiger partial charge in [-0.05, 0) is 30.5 Å². The van der Waals surface area contributed by atoms with Gasteiger partial charge in [0, 0.05) is 13.1 Å². The molecule has 0 bridgehead atoms. The summed E-state index contributed by atoms with van der Waals surface area (Å²) in [6, 6.07) is 5.57. The highest BCUT2D eigenvalue weighted by atomic mass is 16.4. The molecule has 0 amide bonds. The normalized spacial score (nSPS) is 15.4. The minimum atomic E-state index is -0.811. The summed E-state index contributed by atoms with van der Waals surface area (Å²) in [5.74, 6) is 0.0867. The zero-order valence-electron chi connectivity index (χ0n) is 10.0. The molecule has 1 aliphatic rings. The summed E-state index contributed by atoms with van der Waals surface area (Å²) < 4.78 is 0. The number of aromatic nitrogens is 2. The molecule has 1 aromatic heterocycles. The highest BCUT2D eigenvalue weighted by Crippen LogP contribution is 2.21. The maximum Gasteiger partial charge on any atom is 0.307 e. The van der Waals surface area contributed by atoms with Crippen molar-refractivity contribution in [2.45, 2.75) is 19.3 Å². The Morgan fingerprint density at radius 2 is 2.17 bits per heavy atom. The van der Waals surface area contributed by atoms with Gasteiger partial charge in [-0.3, -0.25) is 4.79 Å². The fourth-order valence-corrected chi connectivity index (χ4v) is 2.41. The Hall–Kier alpha value is -2.04. The van der Waals surface area contributed by atoms with Crippen LogP contribution >= 0.6 is 0 Å². The molecule has 1 aliphatic heterocycles. The van der Waals surface area contributed by atoms with E-state index in [0.717, 1.165) is 35.6 Å². The molecule has 0 atom stereocenters. The molecule has 18 heavy (non-hydrogen) atoms. The van der Waals surface area contributed by atoms with Crippen LogP contribution in [0.1, 0.15) is 18.4 Å². The summed E-state index contributed by atoms with van der Waals surface area (Å²) in [5, 5.41) is 8.78. The number of carbonyl (C=O) groups is 1. The lowest BCUT2D eigenvalue weighted by molar-refractivity contribution is -0.136. The average molecular weight is 245 g/mol. The number of fused-ring (bicyclic) bond motifs is 1. The van der Waals surface area contributed by atoms with Crippen LogP contribution in [0, 0.1) is 0 Å². The summed E-state index contributed by atoms with van der Waals surface area (Å²) in [5.41, 5.74) is 2.60. The maximum absolute atomic E-state index is 10.7. The largest absolute Gasteiger partial charge is 0.481 e. The lowest BCUT2D eigenvalue weighted by atomic mass is 10.1. The van der Waals surface area contributed by atoms with Gasteiger partial charge in [-0.25, -0.2) is 4.98 Å². The van der Waals surface area contributed by atoms with Gasteiger partial charge in [-0.1, -0.05) is 6.07 Å². The van der Waals surface area contributed by atoms with Gasteiger partial charge >= 0.3 is 5.97 Å². The van der Waals surface area contributed by atoms with E-state index in [-0.39, 0.29) is 6.42 Å². The molecule has 0 unspecified atom stereocenters. The third-order valence-corrected chi connectivity index (χ3v) is 3.29. The molecule has 3 rings (SSSR count). The summed E-state index contributed by atoms with van der Waals surface area (Å²) in [4.78, 5) is 20.7. The van der Waals surface area contributed by atoms with Gasteiger partial charge in [0.15, 0.2) is 0 Å². The van der Waals surface area contributed by atoms with Crippen molar-refractivity contribution in [2.75, 3.05) is 18.0 Å². The van der Waals surface area contributed by atoms with E-state index in [0.29, 0.717) is 0 Å². The highest BCUT2D eigenvalue weighted by Gasteiger charge is 2.15. The van der Waals surface area contributed by atoms with E-state index in [1.807, 2.05) is 18.2 Å². The molecule has 2 heterocycles. The number of H-pyrrole nitrogens is 1. The number of benzene rings is 1. The van der Waals surface area contributed by atoms with Crippen molar-refractivity contribution in [3.05, 3.63) is 23.8 Å². The number of hydrogen-bond acceptors (Lipinski definition) is 3. The number of anilines is 1. The van der Waals surface area contributed by atoms with Gasteiger partial charge in [0.05, 0.1) is 17.5 Å². The molecule has 2 aromatic rings. The molecule has 2 N–H and O–H groups in total. The highest BCUT2D eigenvalue weighted by molar-refractivity contribution is 5.80. The molecule has 0 aliphatic carbocycles. The van der Waals surface area contributed by atoms with Crippen molar-refractivity contribution in [3.8, 4) is 0 Å². The van der Waals surface area contributed by atoms with Gasteiger partial charge in [-0.2, -0.15) is 0 Å². The van der Waals surface area contributed by atoms with Gasteiger partial charge in [0.25, 0.3) is 0 Å². The van der Waals surface area contributed by atoms with E-state index in [1.165, 1.54) is 12.8 Å². The number of nitrogens with zero attached hydrogens (tertiary/aromatic N) is 2. The molecular formula is C13H15N3O2. The van der Waals surface area contributed by atoms with Gasteiger partial charge in [0.1, 0.15) is 0 Å². The van der Waals surface area contributed by atoms with E-state index < -0.39 is 5.97 Å². The van der Waals surface area contributed by atoms with Gasteiger partial charge in [-0.15, -0.1) is 0 Å². The first kappa shape index (κ1) is 11.1. The predicted molar refractivity (Wildman–Crippen MR) is 68.9 cm³/mol. The Labute approximate surface area is 104 Å². The monoisotopic (exact) mass is 245 g/mol. The number of aromatic amines is 1. The number of nitrogens with one attached hydrogen (secondary N) is 1. The molecule has 5 heteroatoms. The molecule has 1 aromatic carbocycles. The van der Waals surface area contributed by atoms with Gasteiger partial charge < -0.3 is 15.0 Å². The van der Waals surface area contributed by atoms with E-state index >= 15 is 0 Å². The standard InChI is InChI=1S/C13H15N3O2/c17-12(18)8-9-3-4-10-11(7-9)15-13(14-10)16-5-1-2-6-16/h3-4,7H,1-2,5-6,8H2,(H,14,15)(H,17,18). The molecule has 1 saturated heterocycles. The number of carboxylic acids is 1. The number of imidazole rings is 1. The molecule has 94 valence electrons. The molecule has 0 radical (unpaired) electrons. The summed E-state index contributed by atoms with van der Waals surface area (Å²) in [6.07, 6.45) is 2.47. The molecule has 5 nitrogen and oxygen atoms in total. The van der Waals surface area contributed by atoms with Crippen LogP contribution in [0.25, 0.3) is 11.0 Å². The van der Waals surface area contributed by atoms with Crippen LogP contribution in [0.3, 0.4) is 0 Å². The first-order chi connectivity index (χ1) is 8.72. The van der Waals surface area contributed by atoms with Crippen LogP contribution in [0.2, 0.25) is 0 Å². The Balaban J connectivity index is 1.93. The van der Waals surface area contributed by atoms with Crippen molar-refractivity contribution in [3.63, 3.8) is 0 Å². The fraction of sp³-hybridized carbons (Fsp3) is 0.385. The predicted octanol–water partition coefficient (Wildman–Crippen LogP) is 1.79. The van der Waals surface area contributed by atoms with Crippen LogP contribution in [0.5, 0.6) is 0 Å². The van der Waals surface area contributed by atoms with E-state index in [1.54, 1.807) is 0 Å². The quantitative estimate of drug-likeness (QED) is 0.865. The summed E-state index contributed by atoms with van der Waals surface area (Å²) in [6.45, 7) is 2.09. The topological polar surface area (TPSA) is 69.2 Å². The second-order valence-corrected chi connectivity index (χ2v) is 4.68. The zero-order valence-corrected chi connectivity index (χ0v) is 10.0. The minimum absolute atomic E-state index is 0.0496. The average Bonchev–Trinajstić information content (AvgIpc) is 2.95. The third-order valence-electron chi connectivity index (χ3n) is 3.29. The molecule has 0 saturated carbocycles. The first-order valence-electron chi connectivity index (χ1n) is 6.18. The van der Waals surface area contributed by atoms with Crippen molar-refractivity contribution in [1.82, 2.24) is 9.97 Å². The van der Waals surface area contributed by atoms with Crippen LogP contribution in [0.4, 0.5) is 5.95 Å². The molecule has 1 fully saturated rings. The molecule has 0 spiro atoms. The number of hydrogen-bond donors (Lipinski definition) is 2. The zero-order chi connectivity index (χ0) is 12.5. The SMILES string of the molecule is O=C(O)Cc1ccc2nc(N3CCCC3)[nH]c2c1. The second kappa shape index (κ2) is 4.33. The van der Waals surface area contributed by atoms with Crippen molar-refractivity contribution in [1.29, 1.82) is 0 Å².